The Labute approximate surface area is 159 Å². The minimum Gasteiger partial charge on any atom is -0.347 e. The molecule has 0 radical (unpaired) electrons. The third-order valence-corrected chi connectivity index (χ3v) is 4.74. The van der Waals surface area contributed by atoms with Crippen LogP contribution in [0.15, 0.2) is 53.7 Å². The fourth-order valence-electron chi connectivity index (χ4n) is 2.18. The number of anilines is 1. The molecule has 0 fully saturated rings. The molecule has 0 bridgehead atoms. The summed E-state index contributed by atoms with van der Waals surface area (Å²) in [6, 6.07) is 11.6. The van der Waals surface area contributed by atoms with Gasteiger partial charge in [0.15, 0.2) is 0 Å². The quantitative estimate of drug-likeness (QED) is 0.657. The van der Waals surface area contributed by atoms with Crippen molar-refractivity contribution in [3.63, 3.8) is 0 Å². The lowest BCUT2D eigenvalue weighted by Crippen LogP contribution is -2.32. The maximum Gasteiger partial charge on any atom is 0.243 e. The van der Waals surface area contributed by atoms with Gasteiger partial charge < -0.3 is 10.6 Å². The van der Waals surface area contributed by atoms with Gasteiger partial charge in [0.25, 0.3) is 0 Å². The van der Waals surface area contributed by atoms with Crippen molar-refractivity contribution >= 4 is 29.3 Å². The Bertz CT molecular complexity index is 703. The molecule has 2 rings (SSSR count). The molecule has 0 aliphatic carbocycles. The summed E-state index contributed by atoms with van der Waals surface area (Å²) in [5.74, 6) is 1.01. The van der Waals surface area contributed by atoms with Crippen LogP contribution in [0.4, 0.5) is 5.69 Å². The second-order valence-corrected chi connectivity index (χ2v) is 7.48. The lowest BCUT2D eigenvalue weighted by Gasteiger charge is -2.08. The van der Waals surface area contributed by atoms with E-state index in [0.717, 1.165) is 22.8 Å². The van der Waals surface area contributed by atoms with Gasteiger partial charge in [-0.2, -0.15) is 0 Å². The van der Waals surface area contributed by atoms with Crippen LogP contribution in [0.1, 0.15) is 32.3 Å². The van der Waals surface area contributed by atoms with Gasteiger partial charge in [-0.05, 0) is 48.2 Å². The highest BCUT2D eigenvalue weighted by Gasteiger charge is 2.07. The van der Waals surface area contributed by atoms with Crippen molar-refractivity contribution < 1.29 is 9.59 Å². The number of hydrogen-bond donors (Lipinski definition) is 2. The molecule has 6 heteroatoms. The SMILES string of the molecule is CC(C)CCC(=O)NCC(=O)Nc1ccc(SCc2cccnc2)cc1. The molecule has 1 aromatic heterocycles. The first-order valence-corrected chi connectivity index (χ1v) is 9.70. The molecule has 0 unspecified atom stereocenters. The van der Waals surface area contributed by atoms with Gasteiger partial charge in [0.1, 0.15) is 0 Å². The van der Waals surface area contributed by atoms with E-state index in [9.17, 15) is 9.59 Å². The van der Waals surface area contributed by atoms with E-state index >= 15 is 0 Å². The first-order chi connectivity index (χ1) is 12.5. The number of thioether (sulfide) groups is 1. The van der Waals surface area contributed by atoms with Crippen LogP contribution in [0.2, 0.25) is 0 Å². The third kappa shape index (κ3) is 7.70. The smallest absolute Gasteiger partial charge is 0.243 e. The van der Waals surface area contributed by atoms with Crippen molar-refractivity contribution in [1.29, 1.82) is 0 Å². The van der Waals surface area contributed by atoms with Crippen LogP contribution in [0.3, 0.4) is 0 Å². The van der Waals surface area contributed by atoms with Crippen molar-refractivity contribution in [2.75, 3.05) is 11.9 Å². The highest BCUT2D eigenvalue weighted by Crippen LogP contribution is 2.23. The zero-order valence-corrected chi connectivity index (χ0v) is 16.0. The monoisotopic (exact) mass is 371 g/mol. The molecule has 1 heterocycles. The number of rotatable bonds is 9. The van der Waals surface area contributed by atoms with Gasteiger partial charge in [0, 0.05) is 35.2 Å². The summed E-state index contributed by atoms with van der Waals surface area (Å²) >= 11 is 1.71. The van der Waals surface area contributed by atoms with Gasteiger partial charge in [-0.1, -0.05) is 19.9 Å². The predicted molar refractivity (Wildman–Crippen MR) is 106 cm³/mol. The topological polar surface area (TPSA) is 71.1 Å². The average molecular weight is 372 g/mol. The minimum absolute atomic E-state index is 0.00552. The summed E-state index contributed by atoms with van der Waals surface area (Å²) in [7, 11) is 0. The van der Waals surface area contributed by atoms with Crippen molar-refractivity contribution in [2.45, 2.75) is 37.3 Å². The molecule has 0 spiro atoms. The van der Waals surface area contributed by atoms with Crippen LogP contribution in [0.5, 0.6) is 0 Å². The zero-order chi connectivity index (χ0) is 18.8. The predicted octanol–water partition coefficient (Wildman–Crippen LogP) is 3.86. The molecule has 0 saturated carbocycles. The summed E-state index contributed by atoms with van der Waals surface area (Å²) in [6.07, 6.45) is 4.90. The maximum absolute atomic E-state index is 11.9. The number of carbonyl (C=O) groups is 2. The van der Waals surface area contributed by atoms with Gasteiger partial charge in [-0.15, -0.1) is 11.8 Å². The number of pyridine rings is 1. The number of nitrogens with zero attached hydrogens (tertiary/aromatic N) is 1. The molecular formula is C20H25N3O2S. The Morgan fingerprint density at radius 2 is 1.88 bits per heavy atom. The molecule has 26 heavy (non-hydrogen) atoms. The van der Waals surface area contributed by atoms with E-state index in [1.807, 2.05) is 42.6 Å². The summed E-state index contributed by atoms with van der Waals surface area (Å²) < 4.78 is 0. The number of nitrogens with one attached hydrogen (secondary N) is 2. The Morgan fingerprint density at radius 3 is 2.54 bits per heavy atom. The Balaban J connectivity index is 1.72. The number of amides is 2. The Morgan fingerprint density at radius 1 is 1.12 bits per heavy atom. The standard InChI is InChI=1S/C20H25N3O2S/c1-15(2)5-10-19(24)22-13-20(25)23-17-6-8-18(9-7-17)26-14-16-4-3-11-21-12-16/h3-4,6-9,11-12,15H,5,10,13-14H2,1-2H3,(H,22,24)(H,23,25). The lowest BCUT2D eigenvalue weighted by atomic mass is 10.1. The second-order valence-electron chi connectivity index (χ2n) is 6.43. The fourth-order valence-corrected chi connectivity index (χ4v) is 3.01. The van der Waals surface area contributed by atoms with Crippen LogP contribution in [0.25, 0.3) is 0 Å². The zero-order valence-electron chi connectivity index (χ0n) is 15.2. The number of aromatic nitrogens is 1. The first-order valence-electron chi connectivity index (χ1n) is 8.71. The number of benzene rings is 1. The van der Waals surface area contributed by atoms with Gasteiger partial charge in [-0.3, -0.25) is 14.6 Å². The first kappa shape index (κ1) is 20.0. The molecule has 0 aliphatic heterocycles. The van der Waals surface area contributed by atoms with Crippen molar-refractivity contribution in [2.24, 2.45) is 5.92 Å². The van der Waals surface area contributed by atoms with Crippen molar-refractivity contribution in [3.05, 3.63) is 54.4 Å². The van der Waals surface area contributed by atoms with Crippen molar-refractivity contribution in [1.82, 2.24) is 10.3 Å². The number of hydrogen-bond acceptors (Lipinski definition) is 4. The Kier molecular flexibility index (Phi) is 8.15. The molecule has 5 nitrogen and oxygen atoms in total. The fraction of sp³-hybridized carbons (Fsp3) is 0.350. The lowest BCUT2D eigenvalue weighted by molar-refractivity contribution is -0.124. The molecule has 0 aliphatic rings. The van der Waals surface area contributed by atoms with Crippen LogP contribution in [0, 0.1) is 5.92 Å². The second kappa shape index (κ2) is 10.6. The summed E-state index contributed by atoms with van der Waals surface area (Å²) in [4.78, 5) is 28.8. The molecule has 2 amide bonds. The Hall–Kier alpha value is -2.34. The summed E-state index contributed by atoms with van der Waals surface area (Å²) in [6.45, 7) is 4.13. The molecule has 1 aromatic carbocycles. The molecule has 2 N–H and O–H groups in total. The molecule has 2 aromatic rings. The number of carbonyl (C=O) groups excluding carboxylic acids is 2. The average Bonchev–Trinajstić information content (AvgIpc) is 2.65. The van der Waals surface area contributed by atoms with E-state index < -0.39 is 0 Å². The minimum atomic E-state index is -0.223. The van der Waals surface area contributed by atoms with E-state index in [1.165, 1.54) is 5.56 Å². The van der Waals surface area contributed by atoms with Crippen LogP contribution in [-0.2, 0) is 15.3 Å². The van der Waals surface area contributed by atoms with Crippen molar-refractivity contribution in [3.8, 4) is 0 Å². The maximum atomic E-state index is 11.9. The molecule has 0 saturated heterocycles. The van der Waals surface area contributed by atoms with E-state index in [2.05, 4.69) is 29.5 Å². The van der Waals surface area contributed by atoms with E-state index in [1.54, 1.807) is 18.0 Å². The highest BCUT2D eigenvalue weighted by atomic mass is 32.2. The van der Waals surface area contributed by atoms with E-state index in [0.29, 0.717) is 12.3 Å². The third-order valence-electron chi connectivity index (χ3n) is 3.66. The van der Waals surface area contributed by atoms with Gasteiger partial charge in [-0.25, -0.2) is 0 Å². The molecule has 138 valence electrons. The van der Waals surface area contributed by atoms with E-state index in [4.69, 9.17) is 0 Å². The van der Waals surface area contributed by atoms with Crippen LogP contribution < -0.4 is 10.6 Å². The summed E-state index contributed by atoms with van der Waals surface area (Å²) in [5, 5.41) is 5.44. The van der Waals surface area contributed by atoms with Gasteiger partial charge in [0.05, 0.1) is 6.54 Å². The van der Waals surface area contributed by atoms with E-state index in [-0.39, 0.29) is 18.4 Å². The van der Waals surface area contributed by atoms with Gasteiger partial charge in [0.2, 0.25) is 11.8 Å². The summed E-state index contributed by atoms with van der Waals surface area (Å²) in [5.41, 5.74) is 1.89. The highest BCUT2D eigenvalue weighted by molar-refractivity contribution is 7.98. The van der Waals surface area contributed by atoms with Gasteiger partial charge >= 0.3 is 0 Å². The molecular weight excluding hydrogens is 346 g/mol. The van der Waals surface area contributed by atoms with Crippen LogP contribution >= 0.6 is 11.8 Å². The molecule has 0 atom stereocenters. The van der Waals surface area contributed by atoms with Crippen LogP contribution in [-0.4, -0.2) is 23.3 Å². The normalized spacial score (nSPS) is 10.6. The largest absolute Gasteiger partial charge is 0.347 e.